The van der Waals surface area contributed by atoms with Crippen molar-refractivity contribution < 1.29 is 14.3 Å². The van der Waals surface area contributed by atoms with E-state index in [9.17, 15) is 9.59 Å². The van der Waals surface area contributed by atoms with Crippen LogP contribution >= 0.6 is 35.3 Å². The monoisotopic (exact) mass is 481 g/mol. The van der Waals surface area contributed by atoms with Gasteiger partial charge in [0, 0.05) is 11.6 Å². The molecule has 32 heavy (non-hydrogen) atoms. The molecule has 0 spiro atoms. The molecule has 0 bridgehead atoms. The molecule has 1 aromatic heterocycles. The smallest absolute Gasteiger partial charge is 0.266 e. The average molecular weight is 482 g/mol. The highest BCUT2D eigenvalue weighted by Crippen LogP contribution is 2.34. The fourth-order valence-corrected chi connectivity index (χ4v) is 4.96. The van der Waals surface area contributed by atoms with Crippen molar-refractivity contribution in [1.82, 2.24) is 9.88 Å². The molecule has 0 aliphatic carbocycles. The van der Waals surface area contributed by atoms with Crippen molar-refractivity contribution in [2.75, 3.05) is 5.32 Å². The molecule has 0 saturated carbocycles. The maximum atomic E-state index is 13.0. The highest BCUT2D eigenvalue weighted by molar-refractivity contribution is 8.26. The summed E-state index contributed by atoms with van der Waals surface area (Å²) in [7, 11) is 0. The number of hydrogen-bond donors (Lipinski definition) is 1. The van der Waals surface area contributed by atoms with Crippen LogP contribution in [0.25, 0.3) is 6.08 Å². The van der Waals surface area contributed by atoms with Crippen LogP contribution in [-0.2, 0) is 16.2 Å². The van der Waals surface area contributed by atoms with Crippen molar-refractivity contribution >= 4 is 62.7 Å². The van der Waals surface area contributed by atoms with Crippen LogP contribution in [0.5, 0.6) is 5.75 Å². The van der Waals surface area contributed by atoms with Gasteiger partial charge in [-0.3, -0.25) is 14.5 Å². The number of nitrogens with one attached hydrogen (secondary N) is 1. The Balaban J connectivity index is 1.44. The van der Waals surface area contributed by atoms with Crippen molar-refractivity contribution in [3.63, 3.8) is 0 Å². The topological polar surface area (TPSA) is 71.5 Å². The van der Waals surface area contributed by atoms with Crippen molar-refractivity contribution in [2.24, 2.45) is 0 Å². The number of amides is 2. The van der Waals surface area contributed by atoms with E-state index in [2.05, 4.69) is 10.3 Å². The van der Waals surface area contributed by atoms with Gasteiger partial charge in [0.25, 0.3) is 5.91 Å². The van der Waals surface area contributed by atoms with E-state index in [0.717, 1.165) is 11.1 Å². The van der Waals surface area contributed by atoms with Crippen LogP contribution in [0.4, 0.5) is 5.13 Å². The Morgan fingerprint density at radius 2 is 2.06 bits per heavy atom. The number of aromatic nitrogens is 1. The number of thiazole rings is 1. The van der Waals surface area contributed by atoms with Gasteiger partial charge in [-0.2, -0.15) is 0 Å². The van der Waals surface area contributed by atoms with Crippen molar-refractivity contribution in [2.45, 2.75) is 19.6 Å². The zero-order valence-electron chi connectivity index (χ0n) is 17.1. The van der Waals surface area contributed by atoms with Gasteiger partial charge >= 0.3 is 0 Å². The van der Waals surface area contributed by atoms with Gasteiger partial charge in [-0.1, -0.05) is 66.4 Å². The molecule has 4 rings (SSSR count). The number of thioether (sulfide) groups is 1. The summed E-state index contributed by atoms with van der Waals surface area (Å²) in [6.45, 7) is 2.10. The van der Waals surface area contributed by atoms with E-state index in [1.54, 1.807) is 24.6 Å². The first-order valence-corrected chi connectivity index (χ1v) is 11.9. The van der Waals surface area contributed by atoms with Gasteiger partial charge in [0.15, 0.2) is 5.13 Å². The minimum absolute atomic E-state index is 0.294. The molecule has 1 N–H and O–H groups in total. The summed E-state index contributed by atoms with van der Waals surface area (Å²) in [6.07, 6.45) is 3.37. The lowest BCUT2D eigenvalue weighted by molar-refractivity contribution is -0.129. The van der Waals surface area contributed by atoms with E-state index in [4.69, 9.17) is 17.0 Å². The first-order chi connectivity index (χ1) is 15.5. The zero-order chi connectivity index (χ0) is 22.5. The summed E-state index contributed by atoms with van der Waals surface area (Å²) >= 11 is 7.88. The van der Waals surface area contributed by atoms with E-state index in [0.29, 0.717) is 26.7 Å². The quantitative estimate of drug-likeness (QED) is 0.380. The first-order valence-electron chi connectivity index (χ1n) is 9.75. The van der Waals surface area contributed by atoms with Crippen LogP contribution in [-0.4, -0.2) is 32.1 Å². The van der Waals surface area contributed by atoms with E-state index in [-0.39, 0.29) is 11.8 Å². The number of carbonyl (C=O) groups excluding carboxylic acids is 2. The van der Waals surface area contributed by atoms with Crippen LogP contribution in [0.3, 0.4) is 0 Å². The number of thiocarbonyl (C=S) groups is 1. The second-order valence-electron chi connectivity index (χ2n) is 6.90. The average Bonchev–Trinajstić information content (AvgIpc) is 3.40. The van der Waals surface area contributed by atoms with E-state index in [1.165, 1.54) is 28.0 Å². The van der Waals surface area contributed by atoms with Gasteiger partial charge in [-0.15, -0.1) is 11.3 Å². The largest absolute Gasteiger partial charge is 0.489 e. The molecule has 0 radical (unpaired) electrons. The number of carbonyl (C=O) groups is 2. The summed E-state index contributed by atoms with van der Waals surface area (Å²) in [5, 5.41) is 4.95. The Morgan fingerprint density at radius 3 is 2.81 bits per heavy atom. The number of hydrogen-bond acceptors (Lipinski definition) is 7. The maximum absolute atomic E-state index is 13.0. The molecule has 1 saturated heterocycles. The van der Waals surface area contributed by atoms with Gasteiger partial charge in [0.05, 0.1) is 4.91 Å². The molecule has 1 atom stereocenters. The molecule has 1 aliphatic rings. The number of nitrogens with zero attached hydrogens (tertiary/aromatic N) is 2. The fourth-order valence-electron chi connectivity index (χ4n) is 3.01. The Hall–Kier alpha value is -3.01. The van der Waals surface area contributed by atoms with Crippen molar-refractivity contribution in [1.29, 1.82) is 0 Å². The minimum Gasteiger partial charge on any atom is -0.489 e. The standard InChI is InChI=1S/C23H19N3O3S3/c1-15(20(27)25-22-24-10-11-31-22)26-21(28)19(32-23(26)30)13-17-8-5-9-18(12-17)29-14-16-6-3-2-4-7-16/h2-13,15H,14H2,1H3,(H,24,25,27)/b19-13-. The SMILES string of the molecule is CC(C(=O)Nc1nccs1)N1C(=O)/C(=C/c2cccc(OCc3ccccc3)c2)SC1=S. The molecule has 3 aromatic rings. The van der Waals surface area contributed by atoms with E-state index in [1.807, 2.05) is 54.6 Å². The van der Waals surface area contributed by atoms with E-state index >= 15 is 0 Å². The third-order valence-corrected chi connectivity index (χ3v) is 6.68. The number of benzene rings is 2. The minimum atomic E-state index is -0.752. The van der Waals surface area contributed by atoms with E-state index < -0.39 is 6.04 Å². The van der Waals surface area contributed by atoms with Crippen LogP contribution in [0.1, 0.15) is 18.1 Å². The summed E-state index contributed by atoms with van der Waals surface area (Å²) in [5.74, 6) is 0.0699. The normalized spacial score (nSPS) is 15.8. The third kappa shape index (κ3) is 5.24. The second kappa shape index (κ2) is 10.1. The molecule has 2 heterocycles. The Kier molecular flexibility index (Phi) is 6.99. The highest BCUT2D eigenvalue weighted by atomic mass is 32.2. The molecule has 2 aromatic carbocycles. The second-order valence-corrected chi connectivity index (χ2v) is 9.47. The zero-order valence-corrected chi connectivity index (χ0v) is 19.5. The Morgan fingerprint density at radius 1 is 1.25 bits per heavy atom. The first kappa shape index (κ1) is 22.2. The fraction of sp³-hybridized carbons (Fsp3) is 0.130. The van der Waals surface area contributed by atoms with Gasteiger partial charge in [-0.05, 0) is 36.3 Å². The van der Waals surface area contributed by atoms with Crippen LogP contribution in [0, 0.1) is 0 Å². The van der Waals surface area contributed by atoms with Gasteiger partial charge in [0.1, 0.15) is 22.7 Å². The molecule has 1 unspecified atom stereocenters. The molecule has 2 amide bonds. The van der Waals surface area contributed by atoms with Crippen molar-refractivity contribution in [3.05, 3.63) is 82.2 Å². The number of rotatable bonds is 7. The molecule has 1 aliphatic heterocycles. The predicted octanol–water partition coefficient (Wildman–Crippen LogP) is 4.95. The van der Waals surface area contributed by atoms with Crippen LogP contribution in [0.15, 0.2) is 71.1 Å². The summed E-state index contributed by atoms with van der Waals surface area (Å²) < 4.78 is 6.22. The number of anilines is 1. The maximum Gasteiger partial charge on any atom is 0.266 e. The third-order valence-electron chi connectivity index (χ3n) is 4.66. The van der Waals surface area contributed by atoms with Crippen LogP contribution in [0.2, 0.25) is 0 Å². The molecule has 162 valence electrons. The van der Waals surface area contributed by atoms with Gasteiger partial charge in [-0.25, -0.2) is 4.98 Å². The van der Waals surface area contributed by atoms with Gasteiger partial charge < -0.3 is 10.1 Å². The summed E-state index contributed by atoms with van der Waals surface area (Å²) in [4.78, 5) is 31.4. The summed E-state index contributed by atoms with van der Waals surface area (Å²) in [6, 6.07) is 16.6. The van der Waals surface area contributed by atoms with Crippen LogP contribution < -0.4 is 10.1 Å². The molecule has 6 nitrogen and oxygen atoms in total. The molecular weight excluding hydrogens is 462 g/mol. The molecular formula is C23H19N3O3S3. The lowest BCUT2D eigenvalue weighted by Gasteiger charge is -2.21. The lowest BCUT2D eigenvalue weighted by Crippen LogP contribution is -2.44. The Labute approximate surface area is 199 Å². The van der Waals surface area contributed by atoms with Crippen molar-refractivity contribution in [3.8, 4) is 5.75 Å². The summed E-state index contributed by atoms with van der Waals surface area (Å²) in [5.41, 5.74) is 1.89. The highest BCUT2D eigenvalue weighted by Gasteiger charge is 2.38. The molecule has 1 fully saturated rings. The Bertz CT molecular complexity index is 1160. The molecule has 9 heteroatoms. The van der Waals surface area contributed by atoms with Gasteiger partial charge in [0.2, 0.25) is 5.91 Å². The lowest BCUT2D eigenvalue weighted by atomic mass is 10.2. The number of ether oxygens (including phenoxy) is 1. The predicted molar refractivity (Wildman–Crippen MR) is 132 cm³/mol.